The van der Waals surface area contributed by atoms with Crippen LogP contribution in [0, 0.1) is 9.39 Å². The quantitative estimate of drug-likeness (QED) is 0.808. The predicted octanol–water partition coefficient (Wildman–Crippen LogP) is 2.64. The number of amides is 1. The van der Waals surface area contributed by atoms with Crippen molar-refractivity contribution >= 4 is 34.2 Å². The predicted molar refractivity (Wildman–Crippen MR) is 73.1 cm³/mol. The summed E-state index contributed by atoms with van der Waals surface area (Å²) >= 11 is 1.99. The van der Waals surface area contributed by atoms with Crippen LogP contribution in [0.5, 0.6) is 0 Å². The van der Waals surface area contributed by atoms with Gasteiger partial charge in [0.1, 0.15) is 5.82 Å². The molecule has 0 saturated heterocycles. The highest BCUT2D eigenvalue weighted by Gasteiger charge is 2.37. The Morgan fingerprint density at radius 1 is 1.41 bits per heavy atom. The van der Waals surface area contributed by atoms with Crippen molar-refractivity contribution in [2.75, 3.05) is 5.32 Å². The summed E-state index contributed by atoms with van der Waals surface area (Å²) in [5.74, 6) is -0.477. The van der Waals surface area contributed by atoms with Gasteiger partial charge in [-0.15, -0.1) is 0 Å². The molecule has 1 aliphatic carbocycles. The first-order valence-electron chi connectivity index (χ1n) is 5.57. The average Bonchev–Trinajstić information content (AvgIpc) is 2.71. The van der Waals surface area contributed by atoms with Crippen LogP contribution >= 0.6 is 22.6 Å². The van der Waals surface area contributed by atoms with E-state index in [0.717, 1.165) is 25.7 Å². The van der Waals surface area contributed by atoms with Crippen molar-refractivity contribution in [2.45, 2.75) is 31.2 Å². The Hall–Kier alpha value is -0.690. The summed E-state index contributed by atoms with van der Waals surface area (Å²) in [6.45, 7) is 0. The molecule has 0 bridgehead atoms. The Kier molecular flexibility index (Phi) is 3.67. The summed E-state index contributed by atoms with van der Waals surface area (Å²) in [6, 6.07) is 4.27. The van der Waals surface area contributed by atoms with Crippen LogP contribution in [-0.4, -0.2) is 11.4 Å². The van der Waals surface area contributed by atoms with E-state index in [4.69, 9.17) is 5.73 Å². The fourth-order valence-electron chi connectivity index (χ4n) is 2.07. The molecule has 3 N–H and O–H groups in total. The second kappa shape index (κ2) is 4.89. The second-order valence-corrected chi connectivity index (χ2v) is 5.60. The minimum Gasteiger partial charge on any atom is -0.324 e. The van der Waals surface area contributed by atoms with E-state index in [0.29, 0.717) is 9.26 Å². The number of rotatable bonds is 2. The van der Waals surface area contributed by atoms with Crippen molar-refractivity contribution in [1.82, 2.24) is 0 Å². The van der Waals surface area contributed by atoms with Crippen LogP contribution in [0.25, 0.3) is 0 Å². The number of halogens is 2. The van der Waals surface area contributed by atoms with E-state index in [-0.39, 0.29) is 11.7 Å². The molecule has 0 radical (unpaired) electrons. The van der Waals surface area contributed by atoms with Crippen LogP contribution in [0.1, 0.15) is 25.7 Å². The molecular weight excluding hydrogens is 334 g/mol. The summed E-state index contributed by atoms with van der Waals surface area (Å²) in [4.78, 5) is 12.0. The summed E-state index contributed by atoms with van der Waals surface area (Å²) in [5, 5.41) is 2.78. The summed E-state index contributed by atoms with van der Waals surface area (Å²) < 4.78 is 13.6. The molecule has 0 heterocycles. The van der Waals surface area contributed by atoms with Crippen molar-refractivity contribution in [3.8, 4) is 0 Å². The Balaban J connectivity index is 2.13. The second-order valence-electron chi connectivity index (χ2n) is 4.44. The lowest BCUT2D eigenvalue weighted by Gasteiger charge is -2.22. The van der Waals surface area contributed by atoms with E-state index in [1.54, 1.807) is 6.07 Å². The first kappa shape index (κ1) is 12.8. The van der Waals surface area contributed by atoms with Gasteiger partial charge in [0.25, 0.3) is 0 Å². The van der Waals surface area contributed by atoms with E-state index in [2.05, 4.69) is 5.32 Å². The van der Waals surface area contributed by atoms with Gasteiger partial charge in [0.15, 0.2) is 0 Å². The molecule has 92 valence electrons. The molecule has 1 saturated carbocycles. The Morgan fingerprint density at radius 3 is 2.65 bits per heavy atom. The van der Waals surface area contributed by atoms with Crippen LogP contribution in [0.2, 0.25) is 0 Å². The molecular formula is C12H14FIN2O. The van der Waals surface area contributed by atoms with Crippen LogP contribution < -0.4 is 11.1 Å². The minimum absolute atomic E-state index is 0.167. The number of nitrogens with two attached hydrogens (primary N) is 1. The normalized spacial score (nSPS) is 18.1. The SMILES string of the molecule is NC1(C(=O)Nc2ccc(F)cc2I)CCCC1. The van der Waals surface area contributed by atoms with Crippen molar-refractivity contribution in [3.63, 3.8) is 0 Å². The third-order valence-corrected chi connectivity index (χ3v) is 4.02. The Morgan fingerprint density at radius 2 is 2.06 bits per heavy atom. The number of nitrogens with one attached hydrogen (secondary N) is 1. The average molecular weight is 348 g/mol. The van der Waals surface area contributed by atoms with Crippen LogP contribution in [0.3, 0.4) is 0 Å². The zero-order valence-corrected chi connectivity index (χ0v) is 11.5. The van der Waals surface area contributed by atoms with E-state index in [1.807, 2.05) is 22.6 Å². The Bertz CT molecular complexity index is 444. The fourth-order valence-corrected chi connectivity index (χ4v) is 2.68. The molecule has 17 heavy (non-hydrogen) atoms. The lowest BCUT2D eigenvalue weighted by molar-refractivity contribution is -0.121. The highest BCUT2D eigenvalue weighted by molar-refractivity contribution is 14.1. The summed E-state index contributed by atoms with van der Waals surface area (Å²) in [7, 11) is 0. The molecule has 0 unspecified atom stereocenters. The standard InChI is InChI=1S/C12H14FIN2O/c13-8-3-4-10(9(14)7-8)16-11(17)12(15)5-1-2-6-12/h3-4,7H,1-2,5-6,15H2,(H,16,17). The number of carbonyl (C=O) groups excluding carboxylic acids is 1. The van der Waals surface area contributed by atoms with Crippen molar-refractivity contribution in [2.24, 2.45) is 5.73 Å². The van der Waals surface area contributed by atoms with E-state index < -0.39 is 5.54 Å². The van der Waals surface area contributed by atoms with Gasteiger partial charge in [-0.1, -0.05) is 12.8 Å². The lowest BCUT2D eigenvalue weighted by Crippen LogP contribution is -2.48. The zero-order valence-electron chi connectivity index (χ0n) is 9.30. The maximum atomic E-state index is 12.9. The van der Waals surface area contributed by atoms with Gasteiger partial charge in [0, 0.05) is 3.57 Å². The number of carbonyl (C=O) groups is 1. The number of benzene rings is 1. The molecule has 0 aliphatic heterocycles. The van der Waals surface area contributed by atoms with Gasteiger partial charge >= 0.3 is 0 Å². The maximum absolute atomic E-state index is 12.9. The van der Waals surface area contributed by atoms with Crippen LogP contribution in [-0.2, 0) is 4.79 Å². The zero-order chi connectivity index (χ0) is 12.5. The van der Waals surface area contributed by atoms with Gasteiger partial charge in [0.05, 0.1) is 11.2 Å². The van der Waals surface area contributed by atoms with Gasteiger partial charge in [-0.2, -0.15) is 0 Å². The molecule has 0 atom stereocenters. The number of hydrogen-bond acceptors (Lipinski definition) is 2. The monoisotopic (exact) mass is 348 g/mol. The molecule has 1 amide bonds. The Labute approximate surface area is 113 Å². The highest BCUT2D eigenvalue weighted by atomic mass is 127. The first-order chi connectivity index (χ1) is 8.01. The van der Waals surface area contributed by atoms with E-state index >= 15 is 0 Å². The molecule has 5 heteroatoms. The molecule has 1 aliphatic rings. The number of anilines is 1. The third-order valence-electron chi connectivity index (χ3n) is 3.13. The van der Waals surface area contributed by atoms with E-state index in [1.165, 1.54) is 12.1 Å². The molecule has 1 aromatic carbocycles. The topological polar surface area (TPSA) is 55.1 Å². The fraction of sp³-hybridized carbons (Fsp3) is 0.417. The molecule has 1 aromatic rings. The number of hydrogen-bond donors (Lipinski definition) is 2. The molecule has 3 nitrogen and oxygen atoms in total. The van der Waals surface area contributed by atoms with Gasteiger partial charge in [-0.3, -0.25) is 4.79 Å². The van der Waals surface area contributed by atoms with Gasteiger partial charge in [-0.25, -0.2) is 4.39 Å². The van der Waals surface area contributed by atoms with Gasteiger partial charge < -0.3 is 11.1 Å². The summed E-state index contributed by atoms with van der Waals surface area (Å²) in [5.41, 5.74) is 5.91. The first-order valence-corrected chi connectivity index (χ1v) is 6.64. The maximum Gasteiger partial charge on any atom is 0.244 e. The van der Waals surface area contributed by atoms with Gasteiger partial charge in [0.2, 0.25) is 5.91 Å². The van der Waals surface area contributed by atoms with Gasteiger partial charge in [-0.05, 0) is 53.6 Å². The van der Waals surface area contributed by atoms with Crippen LogP contribution in [0.4, 0.5) is 10.1 Å². The van der Waals surface area contributed by atoms with Crippen molar-refractivity contribution < 1.29 is 9.18 Å². The lowest BCUT2D eigenvalue weighted by atomic mass is 9.98. The molecule has 0 aromatic heterocycles. The van der Waals surface area contributed by atoms with Crippen molar-refractivity contribution in [3.05, 3.63) is 27.6 Å². The largest absolute Gasteiger partial charge is 0.324 e. The highest BCUT2D eigenvalue weighted by Crippen LogP contribution is 2.29. The third kappa shape index (κ3) is 2.77. The van der Waals surface area contributed by atoms with E-state index in [9.17, 15) is 9.18 Å². The van der Waals surface area contributed by atoms with Crippen molar-refractivity contribution in [1.29, 1.82) is 0 Å². The van der Waals surface area contributed by atoms with Crippen LogP contribution in [0.15, 0.2) is 18.2 Å². The smallest absolute Gasteiger partial charge is 0.244 e. The molecule has 1 fully saturated rings. The molecule has 2 rings (SSSR count). The minimum atomic E-state index is -0.753. The summed E-state index contributed by atoms with van der Waals surface area (Å²) in [6.07, 6.45) is 3.42. The molecule has 0 spiro atoms.